The Morgan fingerprint density at radius 1 is 1.41 bits per heavy atom. The highest BCUT2D eigenvalue weighted by Crippen LogP contribution is 2.27. The van der Waals surface area contributed by atoms with Crippen LogP contribution in [0.5, 0.6) is 5.75 Å². The zero-order chi connectivity index (χ0) is 11.8. The number of para-hydroxylation sites is 1. The van der Waals surface area contributed by atoms with Gasteiger partial charge in [-0.3, -0.25) is 4.79 Å². The fourth-order valence-electron chi connectivity index (χ4n) is 2.18. The third kappa shape index (κ3) is 2.13. The van der Waals surface area contributed by atoms with E-state index in [0.29, 0.717) is 6.61 Å². The van der Waals surface area contributed by atoms with Gasteiger partial charge in [0.1, 0.15) is 12.4 Å². The van der Waals surface area contributed by atoms with Crippen LogP contribution in [0.25, 0.3) is 0 Å². The molecule has 90 valence electrons. The Balaban J connectivity index is 1.65. The van der Waals surface area contributed by atoms with Gasteiger partial charge in [-0.25, -0.2) is 0 Å². The summed E-state index contributed by atoms with van der Waals surface area (Å²) in [4.78, 5) is 12.0. The van der Waals surface area contributed by atoms with E-state index in [1.807, 2.05) is 24.3 Å². The summed E-state index contributed by atoms with van der Waals surface area (Å²) in [7, 11) is 0. The maximum absolute atomic E-state index is 12.0. The Labute approximate surface area is 100 Å². The summed E-state index contributed by atoms with van der Waals surface area (Å²) in [6.45, 7) is 0.463. The SMILES string of the molecule is NC1CC1NC(=O)C1COc2ccccc2C1. The molecule has 1 aliphatic heterocycles. The van der Waals surface area contributed by atoms with Crippen LogP contribution in [-0.2, 0) is 11.2 Å². The van der Waals surface area contributed by atoms with Gasteiger partial charge in [-0.2, -0.15) is 0 Å². The predicted octanol–water partition coefficient (Wildman–Crippen LogP) is 0.453. The van der Waals surface area contributed by atoms with E-state index in [1.54, 1.807) is 0 Å². The summed E-state index contributed by atoms with van der Waals surface area (Å²) < 4.78 is 5.59. The fraction of sp³-hybridized carbons (Fsp3) is 0.462. The number of carbonyl (C=O) groups is 1. The lowest BCUT2D eigenvalue weighted by Crippen LogP contribution is -2.39. The van der Waals surface area contributed by atoms with Crippen molar-refractivity contribution in [2.75, 3.05) is 6.61 Å². The van der Waals surface area contributed by atoms with Crippen molar-refractivity contribution in [2.24, 2.45) is 11.7 Å². The summed E-state index contributed by atoms with van der Waals surface area (Å²) >= 11 is 0. The third-order valence-electron chi connectivity index (χ3n) is 3.42. The van der Waals surface area contributed by atoms with E-state index in [1.165, 1.54) is 0 Å². The summed E-state index contributed by atoms with van der Waals surface area (Å²) in [5.74, 6) is 0.884. The van der Waals surface area contributed by atoms with Gasteiger partial charge in [-0.05, 0) is 24.5 Å². The van der Waals surface area contributed by atoms with E-state index in [9.17, 15) is 4.79 Å². The van der Waals surface area contributed by atoms with Gasteiger partial charge in [0.05, 0.1) is 5.92 Å². The van der Waals surface area contributed by atoms with Crippen LogP contribution in [0.15, 0.2) is 24.3 Å². The van der Waals surface area contributed by atoms with E-state index < -0.39 is 0 Å². The molecule has 0 saturated heterocycles. The van der Waals surface area contributed by atoms with E-state index in [2.05, 4.69) is 5.32 Å². The minimum atomic E-state index is -0.0855. The lowest BCUT2D eigenvalue weighted by Gasteiger charge is -2.24. The number of hydrogen-bond donors (Lipinski definition) is 2. The lowest BCUT2D eigenvalue weighted by atomic mass is 9.96. The van der Waals surface area contributed by atoms with Crippen LogP contribution < -0.4 is 15.8 Å². The maximum atomic E-state index is 12.0. The Hall–Kier alpha value is -1.55. The molecule has 1 amide bonds. The number of benzene rings is 1. The molecule has 0 bridgehead atoms. The minimum absolute atomic E-state index is 0.0671. The van der Waals surface area contributed by atoms with E-state index in [4.69, 9.17) is 10.5 Å². The van der Waals surface area contributed by atoms with Gasteiger partial charge >= 0.3 is 0 Å². The quantitative estimate of drug-likeness (QED) is 0.778. The average molecular weight is 232 g/mol. The second-order valence-electron chi connectivity index (χ2n) is 4.83. The van der Waals surface area contributed by atoms with E-state index >= 15 is 0 Å². The highest BCUT2D eigenvalue weighted by Gasteiger charge is 2.37. The topological polar surface area (TPSA) is 64.3 Å². The first-order valence-electron chi connectivity index (χ1n) is 6.00. The monoisotopic (exact) mass is 232 g/mol. The molecule has 0 radical (unpaired) electrons. The van der Waals surface area contributed by atoms with Crippen molar-refractivity contribution in [1.82, 2.24) is 5.32 Å². The molecule has 3 rings (SSSR count). The molecule has 2 aliphatic rings. The zero-order valence-electron chi connectivity index (χ0n) is 9.56. The molecule has 3 atom stereocenters. The number of rotatable bonds is 2. The van der Waals surface area contributed by atoms with Crippen LogP contribution in [0.1, 0.15) is 12.0 Å². The van der Waals surface area contributed by atoms with Crippen LogP contribution in [-0.4, -0.2) is 24.6 Å². The standard InChI is InChI=1S/C13H16N2O2/c14-10-6-11(10)15-13(16)9-5-8-3-1-2-4-12(8)17-7-9/h1-4,9-11H,5-7,14H2,(H,15,16). The molecule has 1 saturated carbocycles. The summed E-state index contributed by atoms with van der Waals surface area (Å²) in [6, 6.07) is 8.20. The number of hydrogen-bond acceptors (Lipinski definition) is 3. The number of amides is 1. The largest absolute Gasteiger partial charge is 0.492 e. The van der Waals surface area contributed by atoms with E-state index in [-0.39, 0.29) is 23.9 Å². The normalized spacial score (nSPS) is 30.1. The molecular formula is C13H16N2O2. The third-order valence-corrected chi connectivity index (χ3v) is 3.42. The van der Waals surface area contributed by atoms with Crippen LogP contribution in [0, 0.1) is 5.92 Å². The van der Waals surface area contributed by atoms with Crippen molar-refractivity contribution < 1.29 is 9.53 Å². The number of nitrogens with two attached hydrogens (primary N) is 1. The van der Waals surface area contributed by atoms with Crippen molar-refractivity contribution in [2.45, 2.75) is 24.9 Å². The minimum Gasteiger partial charge on any atom is -0.492 e. The zero-order valence-corrected chi connectivity index (χ0v) is 9.56. The molecule has 1 heterocycles. The fourth-order valence-corrected chi connectivity index (χ4v) is 2.18. The summed E-state index contributed by atoms with van der Waals surface area (Å²) in [6.07, 6.45) is 1.65. The first kappa shape index (κ1) is 10.6. The molecular weight excluding hydrogens is 216 g/mol. The van der Waals surface area contributed by atoms with Gasteiger partial charge in [-0.1, -0.05) is 18.2 Å². The summed E-state index contributed by atoms with van der Waals surface area (Å²) in [5, 5.41) is 2.96. The first-order chi connectivity index (χ1) is 8.24. The molecule has 3 unspecified atom stereocenters. The Morgan fingerprint density at radius 2 is 2.18 bits per heavy atom. The molecule has 4 nitrogen and oxygen atoms in total. The molecule has 1 aliphatic carbocycles. The second kappa shape index (κ2) is 4.04. The predicted molar refractivity (Wildman–Crippen MR) is 63.7 cm³/mol. The molecule has 0 spiro atoms. The average Bonchev–Trinajstić information content (AvgIpc) is 3.04. The smallest absolute Gasteiger partial charge is 0.227 e. The lowest BCUT2D eigenvalue weighted by molar-refractivity contribution is -0.126. The molecule has 0 aromatic heterocycles. The highest BCUT2D eigenvalue weighted by atomic mass is 16.5. The van der Waals surface area contributed by atoms with Gasteiger partial charge in [0.2, 0.25) is 5.91 Å². The molecule has 4 heteroatoms. The van der Waals surface area contributed by atoms with Crippen molar-refractivity contribution in [3.05, 3.63) is 29.8 Å². The number of nitrogens with one attached hydrogen (secondary N) is 1. The van der Waals surface area contributed by atoms with Gasteiger partial charge < -0.3 is 15.8 Å². The molecule has 1 aromatic carbocycles. The van der Waals surface area contributed by atoms with Gasteiger partial charge in [0.25, 0.3) is 0 Å². The first-order valence-corrected chi connectivity index (χ1v) is 6.00. The number of carbonyl (C=O) groups excluding carboxylic acids is 1. The Bertz CT molecular complexity index is 447. The molecule has 1 fully saturated rings. The van der Waals surface area contributed by atoms with Gasteiger partial charge in [-0.15, -0.1) is 0 Å². The number of fused-ring (bicyclic) bond motifs is 1. The van der Waals surface area contributed by atoms with Crippen LogP contribution in [0.3, 0.4) is 0 Å². The maximum Gasteiger partial charge on any atom is 0.227 e. The van der Waals surface area contributed by atoms with Crippen LogP contribution in [0.2, 0.25) is 0 Å². The van der Waals surface area contributed by atoms with Crippen LogP contribution in [0.4, 0.5) is 0 Å². The van der Waals surface area contributed by atoms with E-state index in [0.717, 1.165) is 24.2 Å². The van der Waals surface area contributed by atoms with Crippen molar-refractivity contribution in [1.29, 1.82) is 0 Å². The van der Waals surface area contributed by atoms with Gasteiger partial charge in [0.15, 0.2) is 0 Å². The Morgan fingerprint density at radius 3 is 2.94 bits per heavy atom. The summed E-state index contributed by atoms with van der Waals surface area (Å²) in [5.41, 5.74) is 6.79. The van der Waals surface area contributed by atoms with Gasteiger partial charge in [0, 0.05) is 12.1 Å². The molecule has 3 N–H and O–H groups in total. The second-order valence-corrected chi connectivity index (χ2v) is 4.83. The van der Waals surface area contributed by atoms with Crippen LogP contribution >= 0.6 is 0 Å². The van der Waals surface area contributed by atoms with Crippen molar-refractivity contribution in [3.63, 3.8) is 0 Å². The molecule has 17 heavy (non-hydrogen) atoms. The Kier molecular flexibility index (Phi) is 2.52. The van der Waals surface area contributed by atoms with Crippen molar-refractivity contribution in [3.8, 4) is 5.75 Å². The highest BCUT2D eigenvalue weighted by molar-refractivity contribution is 5.80. The molecule has 1 aromatic rings. The number of ether oxygens (including phenoxy) is 1. The van der Waals surface area contributed by atoms with Crippen molar-refractivity contribution >= 4 is 5.91 Å².